The Labute approximate surface area is 189 Å². The number of rotatable bonds is 11. The van der Waals surface area contributed by atoms with Gasteiger partial charge in [0.15, 0.2) is 18.1 Å². The van der Waals surface area contributed by atoms with E-state index >= 15 is 0 Å². The smallest absolute Gasteiger partial charge is 0.341 e. The maximum atomic E-state index is 12.0. The molecule has 0 aromatic heterocycles. The van der Waals surface area contributed by atoms with Gasteiger partial charge in [0.05, 0.1) is 24.9 Å². The van der Waals surface area contributed by atoms with Gasteiger partial charge in [-0.2, -0.15) is 5.10 Å². The number of hydrogen-bond donors (Lipinski definition) is 2. The molecule has 0 spiro atoms. The summed E-state index contributed by atoms with van der Waals surface area (Å²) in [5.41, 5.74) is 5.46. The normalized spacial score (nSPS) is 10.7. The number of carbonyl (C=O) groups excluding carboxylic acids is 1. The number of hydrogen-bond acceptors (Lipinski definition) is 6. The van der Waals surface area contributed by atoms with E-state index in [0.717, 1.165) is 17.7 Å². The summed E-state index contributed by atoms with van der Waals surface area (Å²) in [5, 5.41) is 12.7. The molecule has 0 atom stereocenters. The fourth-order valence-corrected chi connectivity index (χ4v) is 3.41. The first-order valence-corrected chi connectivity index (χ1v) is 10.3. The average Bonchev–Trinajstić information content (AvgIpc) is 2.73. The summed E-state index contributed by atoms with van der Waals surface area (Å²) in [6, 6.07) is 9.21. The minimum absolute atomic E-state index is 0.185. The summed E-state index contributed by atoms with van der Waals surface area (Å²) in [7, 11) is 3.08. The van der Waals surface area contributed by atoms with E-state index in [1.165, 1.54) is 18.9 Å². The molecule has 2 aromatic rings. The molecule has 0 heterocycles. The highest BCUT2D eigenvalue weighted by atomic mass is 79.9. The number of ether oxygens (including phenoxy) is 3. The Bertz CT molecular complexity index is 961. The predicted octanol–water partition coefficient (Wildman–Crippen LogP) is 3.71. The van der Waals surface area contributed by atoms with Crippen LogP contribution in [0.3, 0.4) is 0 Å². The third-order valence-electron chi connectivity index (χ3n) is 4.39. The topological polar surface area (TPSA) is 106 Å². The van der Waals surface area contributed by atoms with E-state index in [-0.39, 0.29) is 11.7 Å². The van der Waals surface area contributed by atoms with Crippen LogP contribution in [0.4, 0.5) is 0 Å². The van der Waals surface area contributed by atoms with Crippen LogP contribution in [-0.4, -0.2) is 44.0 Å². The van der Waals surface area contributed by atoms with Crippen molar-refractivity contribution in [1.82, 2.24) is 5.43 Å². The maximum absolute atomic E-state index is 12.0. The number of carbonyl (C=O) groups is 2. The molecule has 2 rings (SSSR count). The first kappa shape index (κ1) is 24.2. The van der Waals surface area contributed by atoms with Crippen LogP contribution < -0.4 is 19.6 Å². The monoisotopic (exact) mass is 492 g/mol. The number of aryl methyl sites for hydroxylation is 2. The molecule has 2 aromatic carbocycles. The lowest BCUT2D eigenvalue weighted by atomic mass is 10.0. The number of nitrogens with zero attached hydrogens (tertiary/aromatic N) is 1. The molecule has 0 saturated carbocycles. The van der Waals surface area contributed by atoms with Crippen LogP contribution in [-0.2, 0) is 16.0 Å². The SMILES string of the molecule is COc1ccc(CCCC(=O)NN=Cc2cc(Br)c(OCC(=O)O)c(OC)c2)c(C)c1. The van der Waals surface area contributed by atoms with Crippen molar-refractivity contribution in [1.29, 1.82) is 0 Å². The summed E-state index contributed by atoms with van der Waals surface area (Å²) in [4.78, 5) is 22.8. The van der Waals surface area contributed by atoms with Crippen LogP contribution in [0.15, 0.2) is 39.9 Å². The number of carboxylic acid groups (broad SMARTS) is 1. The van der Waals surface area contributed by atoms with E-state index in [1.807, 2.05) is 25.1 Å². The molecule has 8 nitrogen and oxygen atoms in total. The van der Waals surface area contributed by atoms with Gasteiger partial charge in [-0.15, -0.1) is 0 Å². The highest BCUT2D eigenvalue weighted by Crippen LogP contribution is 2.36. The molecule has 0 unspecified atom stereocenters. The Morgan fingerprint density at radius 3 is 2.61 bits per heavy atom. The number of amides is 1. The van der Waals surface area contributed by atoms with E-state index in [4.69, 9.17) is 19.3 Å². The van der Waals surface area contributed by atoms with Gasteiger partial charge in [0.1, 0.15) is 5.75 Å². The van der Waals surface area contributed by atoms with Gasteiger partial charge in [-0.1, -0.05) is 6.07 Å². The van der Waals surface area contributed by atoms with Crippen LogP contribution in [0, 0.1) is 6.92 Å². The Balaban J connectivity index is 1.88. The predicted molar refractivity (Wildman–Crippen MR) is 120 cm³/mol. The Morgan fingerprint density at radius 2 is 1.97 bits per heavy atom. The number of halogens is 1. The van der Waals surface area contributed by atoms with Crippen LogP contribution in [0.1, 0.15) is 29.5 Å². The zero-order valence-corrected chi connectivity index (χ0v) is 19.2. The van der Waals surface area contributed by atoms with Gasteiger partial charge in [-0.3, -0.25) is 4.79 Å². The van der Waals surface area contributed by atoms with Gasteiger partial charge < -0.3 is 19.3 Å². The fraction of sp³-hybridized carbons (Fsp3) is 0.318. The quantitative estimate of drug-likeness (QED) is 0.365. The second kappa shape index (κ2) is 11.9. The van der Waals surface area contributed by atoms with Crippen molar-refractivity contribution in [3.63, 3.8) is 0 Å². The van der Waals surface area contributed by atoms with Crippen molar-refractivity contribution >= 4 is 34.0 Å². The lowest BCUT2D eigenvalue weighted by molar-refractivity contribution is -0.139. The summed E-state index contributed by atoms with van der Waals surface area (Å²) in [6.45, 7) is 1.53. The van der Waals surface area contributed by atoms with E-state index in [9.17, 15) is 9.59 Å². The van der Waals surface area contributed by atoms with Crippen molar-refractivity contribution in [2.24, 2.45) is 5.10 Å². The fourth-order valence-electron chi connectivity index (χ4n) is 2.84. The molecule has 0 fully saturated rings. The summed E-state index contributed by atoms with van der Waals surface area (Å²) >= 11 is 3.33. The molecular weight excluding hydrogens is 468 g/mol. The zero-order chi connectivity index (χ0) is 22.8. The highest BCUT2D eigenvalue weighted by Gasteiger charge is 2.13. The number of aliphatic carboxylic acids is 1. The van der Waals surface area contributed by atoms with Gasteiger partial charge in [0.25, 0.3) is 0 Å². The molecule has 0 radical (unpaired) electrons. The Hall–Kier alpha value is -3.07. The number of benzene rings is 2. The van der Waals surface area contributed by atoms with E-state index in [2.05, 4.69) is 26.5 Å². The van der Waals surface area contributed by atoms with Gasteiger partial charge in [0.2, 0.25) is 5.91 Å². The third kappa shape index (κ3) is 7.60. The van der Waals surface area contributed by atoms with Gasteiger partial charge >= 0.3 is 5.97 Å². The first-order valence-electron chi connectivity index (χ1n) is 9.51. The summed E-state index contributed by atoms with van der Waals surface area (Å²) < 4.78 is 16.2. The Morgan fingerprint density at radius 1 is 1.19 bits per heavy atom. The molecule has 0 saturated heterocycles. The number of methoxy groups -OCH3 is 2. The number of carboxylic acids is 1. The lowest BCUT2D eigenvalue weighted by Gasteiger charge is -2.12. The lowest BCUT2D eigenvalue weighted by Crippen LogP contribution is -2.17. The van der Waals surface area contributed by atoms with Crippen molar-refractivity contribution in [3.8, 4) is 17.2 Å². The third-order valence-corrected chi connectivity index (χ3v) is 4.98. The van der Waals surface area contributed by atoms with Crippen molar-refractivity contribution in [2.75, 3.05) is 20.8 Å². The molecule has 1 amide bonds. The number of nitrogens with one attached hydrogen (secondary N) is 1. The molecule has 0 aliphatic heterocycles. The largest absolute Gasteiger partial charge is 0.497 e. The molecule has 0 aliphatic rings. The van der Waals surface area contributed by atoms with Crippen LogP contribution in [0.5, 0.6) is 17.2 Å². The van der Waals surface area contributed by atoms with Crippen molar-refractivity contribution in [2.45, 2.75) is 26.2 Å². The first-order chi connectivity index (χ1) is 14.8. The molecular formula is C22H25BrN2O6. The number of hydrazone groups is 1. The van der Waals surface area contributed by atoms with Crippen LogP contribution in [0.25, 0.3) is 0 Å². The minimum Gasteiger partial charge on any atom is -0.497 e. The van der Waals surface area contributed by atoms with Gasteiger partial charge in [0, 0.05) is 6.42 Å². The van der Waals surface area contributed by atoms with E-state index in [1.54, 1.807) is 19.2 Å². The summed E-state index contributed by atoms with van der Waals surface area (Å²) in [6.07, 6.45) is 3.30. The minimum atomic E-state index is -1.09. The van der Waals surface area contributed by atoms with Gasteiger partial charge in [-0.25, -0.2) is 10.2 Å². The second-order valence-electron chi connectivity index (χ2n) is 6.66. The molecule has 0 aliphatic carbocycles. The standard InChI is InChI=1S/C22H25BrN2O6/c1-14-9-17(29-2)8-7-16(14)5-4-6-20(26)25-24-12-15-10-18(23)22(19(11-15)30-3)31-13-21(27)28/h7-12H,4-6,13H2,1-3H3,(H,25,26)(H,27,28). The van der Waals surface area contributed by atoms with Gasteiger partial charge in [-0.05, 0) is 76.7 Å². The van der Waals surface area contributed by atoms with E-state index in [0.29, 0.717) is 28.6 Å². The van der Waals surface area contributed by atoms with Crippen LogP contribution in [0.2, 0.25) is 0 Å². The molecule has 166 valence electrons. The summed E-state index contributed by atoms with van der Waals surface area (Å²) in [5.74, 6) is 0.163. The molecule has 31 heavy (non-hydrogen) atoms. The maximum Gasteiger partial charge on any atom is 0.341 e. The second-order valence-corrected chi connectivity index (χ2v) is 7.51. The average molecular weight is 493 g/mol. The highest BCUT2D eigenvalue weighted by molar-refractivity contribution is 9.10. The van der Waals surface area contributed by atoms with Crippen molar-refractivity contribution < 1.29 is 28.9 Å². The zero-order valence-electron chi connectivity index (χ0n) is 17.6. The molecule has 2 N–H and O–H groups in total. The van der Waals surface area contributed by atoms with E-state index < -0.39 is 12.6 Å². The van der Waals surface area contributed by atoms with Crippen molar-refractivity contribution in [3.05, 3.63) is 51.5 Å². The molecule has 0 bridgehead atoms. The molecule has 9 heteroatoms. The van der Waals surface area contributed by atoms with Crippen LogP contribution >= 0.6 is 15.9 Å². The Kier molecular flexibility index (Phi) is 9.33.